The summed E-state index contributed by atoms with van der Waals surface area (Å²) in [6.07, 6.45) is 1.76. The Morgan fingerprint density at radius 3 is 2.45 bits per heavy atom. The smallest absolute Gasteiger partial charge is 0.191 e. The van der Waals surface area contributed by atoms with Crippen molar-refractivity contribution >= 4 is 5.78 Å². The number of hydrogen-bond acceptors (Lipinski definition) is 2. The van der Waals surface area contributed by atoms with Crippen LogP contribution in [-0.4, -0.2) is 5.78 Å². The average Bonchev–Trinajstić information content (AvgIpc) is 2.56. The Hall–Kier alpha value is -2.35. The minimum absolute atomic E-state index is 0.173. The highest BCUT2D eigenvalue weighted by Crippen LogP contribution is 2.27. The Labute approximate surface area is 131 Å². The Morgan fingerprint density at radius 1 is 1.00 bits per heavy atom. The minimum Gasteiger partial charge on any atom is -0.382 e. The fraction of sp³-hybridized carbons (Fsp3) is 0.250. The van der Waals surface area contributed by atoms with E-state index in [4.69, 9.17) is 0 Å². The number of carbonyl (C=O) groups is 1. The zero-order valence-electron chi connectivity index (χ0n) is 13.1. The van der Waals surface area contributed by atoms with Gasteiger partial charge in [0.15, 0.2) is 5.78 Å². The van der Waals surface area contributed by atoms with Gasteiger partial charge in [-0.3, -0.25) is 4.79 Å². The van der Waals surface area contributed by atoms with Gasteiger partial charge in [0.2, 0.25) is 0 Å². The molecule has 0 saturated carbocycles. The monoisotopic (exact) mass is 291 g/mol. The van der Waals surface area contributed by atoms with E-state index in [2.05, 4.69) is 30.4 Å². The zero-order valence-corrected chi connectivity index (χ0v) is 13.1. The lowest BCUT2D eigenvalue weighted by Gasteiger charge is -2.23. The predicted molar refractivity (Wildman–Crippen MR) is 89.8 cm³/mol. The van der Waals surface area contributed by atoms with Crippen molar-refractivity contribution in [1.29, 1.82) is 0 Å². The number of hydrogen-bond donors (Lipinski definition) is 1. The summed E-state index contributed by atoms with van der Waals surface area (Å²) in [6, 6.07) is 18.4. The molecule has 0 radical (unpaired) electrons. The number of nitrogens with one attached hydrogen (secondary N) is 1. The minimum atomic E-state index is 0.173. The van der Waals surface area contributed by atoms with Gasteiger partial charge in [-0.15, -0.1) is 0 Å². The maximum absolute atomic E-state index is 12.7. The van der Waals surface area contributed by atoms with Gasteiger partial charge in [0.25, 0.3) is 0 Å². The molecular formula is C20H21NO. The van der Waals surface area contributed by atoms with E-state index in [0.29, 0.717) is 0 Å². The van der Waals surface area contributed by atoms with Crippen LogP contribution in [0.1, 0.15) is 47.8 Å². The molecule has 3 rings (SSSR count). The number of fused-ring (bicyclic) bond motifs is 1. The summed E-state index contributed by atoms with van der Waals surface area (Å²) >= 11 is 0. The molecule has 0 heterocycles. The first-order valence-corrected chi connectivity index (χ1v) is 7.80. The maximum Gasteiger partial charge on any atom is 0.191 e. The highest BCUT2D eigenvalue weighted by molar-refractivity contribution is 6.11. The normalized spacial score (nSPS) is 17.6. The van der Waals surface area contributed by atoms with Crippen molar-refractivity contribution in [2.75, 3.05) is 0 Å². The first-order chi connectivity index (χ1) is 10.7. The van der Waals surface area contributed by atoms with Crippen LogP contribution in [0, 0.1) is 0 Å². The number of ketones is 1. The lowest BCUT2D eigenvalue weighted by atomic mass is 9.86. The molecule has 0 bridgehead atoms. The number of carbonyl (C=O) groups excluding carboxylic acids is 1. The number of benzene rings is 2. The van der Waals surface area contributed by atoms with Crippen molar-refractivity contribution in [3.8, 4) is 0 Å². The van der Waals surface area contributed by atoms with Crippen LogP contribution in [0.15, 0.2) is 65.9 Å². The van der Waals surface area contributed by atoms with E-state index < -0.39 is 0 Å². The Bertz CT molecular complexity index is 715. The van der Waals surface area contributed by atoms with E-state index >= 15 is 0 Å². The number of aryl methyl sites for hydroxylation is 1. The van der Waals surface area contributed by atoms with Crippen LogP contribution in [0.4, 0.5) is 0 Å². The molecular weight excluding hydrogens is 270 g/mol. The first kappa shape index (κ1) is 14.6. The summed E-state index contributed by atoms with van der Waals surface area (Å²) in [5.41, 5.74) is 5.17. The average molecular weight is 291 g/mol. The van der Waals surface area contributed by atoms with Gasteiger partial charge < -0.3 is 5.32 Å². The Balaban J connectivity index is 1.83. The van der Waals surface area contributed by atoms with Crippen molar-refractivity contribution in [1.82, 2.24) is 5.32 Å². The zero-order chi connectivity index (χ0) is 15.5. The van der Waals surface area contributed by atoms with E-state index in [1.807, 2.05) is 43.3 Å². The molecule has 2 heteroatoms. The molecule has 1 aliphatic carbocycles. The largest absolute Gasteiger partial charge is 0.382 e. The lowest BCUT2D eigenvalue weighted by molar-refractivity contribution is 0.102. The second-order valence-electron chi connectivity index (χ2n) is 5.87. The fourth-order valence-corrected chi connectivity index (χ4v) is 3.09. The van der Waals surface area contributed by atoms with E-state index in [0.717, 1.165) is 29.7 Å². The lowest BCUT2D eigenvalue weighted by Crippen LogP contribution is -2.23. The van der Waals surface area contributed by atoms with E-state index in [-0.39, 0.29) is 11.8 Å². The van der Waals surface area contributed by atoms with Crippen molar-refractivity contribution in [2.45, 2.75) is 32.7 Å². The van der Waals surface area contributed by atoms with Crippen LogP contribution in [-0.2, 0) is 6.42 Å². The molecule has 0 amide bonds. The summed E-state index contributed by atoms with van der Waals surface area (Å²) in [5, 5.41) is 3.49. The van der Waals surface area contributed by atoms with Gasteiger partial charge in [0.1, 0.15) is 0 Å². The van der Waals surface area contributed by atoms with Crippen LogP contribution in [0.5, 0.6) is 0 Å². The molecule has 0 saturated heterocycles. The Kier molecular flexibility index (Phi) is 4.10. The summed E-state index contributed by atoms with van der Waals surface area (Å²) in [5.74, 6) is 0.173. The van der Waals surface area contributed by atoms with Crippen molar-refractivity contribution in [3.63, 3.8) is 0 Å². The second-order valence-corrected chi connectivity index (χ2v) is 5.87. The molecule has 0 aromatic heterocycles. The second kappa shape index (κ2) is 6.18. The molecule has 22 heavy (non-hydrogen) atoms. The topological polar surface area (TPSA) is 29.1 Å². The van der Waals surface area contributed by atoms with Crippen LogP contribution < -0.4 is 5.32 Å². The molecule has 0 aliphatic heterocycles. The van der Waals surface area contributed by atoms with Crippen molar-refractivity contribution in [3.05, 3.63) is 82.6 Å². The van der Waals surface area contributed by atoms with Gasteiger partial charge in [-0.2, -0.15) is 0 Å². The van der Waals surface area contributed by atoms with Gasteiger partial charge >= 0.3 is 0 Å². The predicted octanol–water partition coefficient (Wildman–Crippen LogP) is 4.44. The third-order valence-electron chi connectivity index (χ3n) is 4.37. The van der Waals surface area contributed by atoms with Crippen molar-refractivity contribution in [2.24, 2.45) is 0 Å². The van der Waals surface area contributed by atoms with E-state index in [1.54, 1.807) is 0 Å². The standard InChI is InChI=1S/C20H21NO/c1-14(16-8-4-3-5-9-16)21-15(2)18-13-12-17-10-6-7-11-19(17)20(18)22/h3-11,14,21H,12-13H2,1-2H3/b18-15-/t14-/m1/s1. The summed E-state index contributed by atoms with van der Waals surface area (Å²) in [6.45, 7) is 4.14. The number of allylic oxidation sites excluding steroid dienone is 2. The molecule has 0 spiro atoms. The number of Topliss-reactive ketones (excluding diaryl/α,β-unsaturated/α-hetero) is 1. The molecule has 112 valence electrons. The quantitative estimate of drug-likeness (QED) is 0.847. The summed E-state index contributed by atoms with van der Waals surface area (Å²) in [4.78, 5) is 12.7. The molecule has 0 fully saturated rings. The van der Waals surface area contributed by atoms with Crippen LogP contribution in [0.25, 0.3) is 0 Å². The molecule has 2 nitrogen and oxygen atoms in total. The van der Waals surface area contributed by atoms with Gasteiger partial charge in [0.05, 0.1) is 0 Å². The van der Waals surface area contributed by atoms with Gasteiger partial charge in [-0.05, 0) is 37.8 Å². The first-order valence-electron chi connectivity index (χ1n) is 7.80. The summed E-state index contributed by atoms with van der Waals surface area (Å²) < 4.78 is 0. The van der Waals surface area contributed by atoms with E-state index in [1.165, 1.54) is 11.1 Å². The SMILES string of the molecule is C/C(N[C@H](C)c1ccccc1)=C1\CCc2ccccc2C1=O. The molecule has 2 aromatic rings. The molecule has 1 atom stereocenters. The molecule has 1 N–H and O–H groups in total. The van der Waals surface area contributed by atoms with Gasteiger partial charge in [-0.1, -0.05) is 54.6 Å². The molecule has 1 aliphatic rings. The van der Waals surface area contributed by atoms with Crippen LogP contribution >= 0.6 is 0 Å². The molecule has 0 unspecified atom stereocenters. The van der Waals surface area contributed by atoms with Gasteiger partial charge in [0, 0.05) is 22.9 Å². The Morgan fingerprint density at radius 2 is 1.68 bits per heavy atom. The fourth-order valence-electron chi connectivity index (χ4n) is 3.09. The van der Waals surface area contributed by atoms with Crippen LogP contribution in [0.2, 0.25) is 0 Å². The highest BCUT2D eigenvalue weighted by Gasteiger charge is 2.23. The summed E-state index contributed by atoms with van der Waals surface area (Å²) in [7, 11) is 0. The number of rotatable bonds is 3. The van der Waals surface area contributed by atoms with E-state index in [9.17, 15) is 4.79 Å². The van der Waals surface area contributed by atoms with Crippen molar-refractivity contribution < 1.29 is 4.79 Å². The maximum atomic E-state index is 12.7. The highest BCUT2D eigenvalue weighted by atomic mass is 16.1. The molecule has 2 aromatic carbocycles. The van der Waals surface area contributed by atoms with Crippen LogP contribution in [0.3, 0.4) is 0 Å². The third-order valence-corrected chi connectivity index (χ3v) is 4.37. The third kappa shape index (κ3) is 2.82. The van der Waals surface area contributed by atoms with Gasteiger partial charge in [-0.25, -0.2) is 0 Å².